The van der Waals surface area contributed by atoms with Crippen molar-refractivity contribution in [3.05, 3.63) is 90.5 Å². The molecule has 5 aromatic rings. The van der Waals surface area contributed by atoms with Crippen molar-refractivity contribution in [1.29, 1.82) is 0 Å². The molecule has 0 aromatic heterocycles. The van der Waals surface area contributed by atoms with Gasteiger partial charge in [0.05, 0.1) is 11.2 Å². The molecule has 0 unspecified atom stereocenters. The second-order valence-electron chi connectivity index (χ2n) is 10.4. The zero-order valence-corrected chi connectivity index (χ0v) is 20.5. The van der Waals surface area contributed by atoms with E-state index in [0.29, 0.717) is 0 Å². The Hall–Kier alpha value is -3.14. The van der Waals surface area contributed by atoms with Crippen molar-refractivity contribution in [2.45, 2.75) is 45.8 Å². The van der Waals surface area contributed by atoms with Gasteiger partial charge in [0.2, 0.25) is 0 Å². The summed E-state index contributed by atoms with van der Waals surface area (Å²) in [6.07, 6.45) is 0. The van der Waals surface area contributed by atoms with E-state index in [1.54, 1.807) is 0 Å². The highest BCUT2D eigenvalue weighted by Gasteiger charge is 2.52. The summed E-state index contributed by atoms with van der Waals surface area (Å²) in [4.78, 5) is 0. The predicted molar refractivity (Wildman–Crippen MR) is 145 cm³/mol. The van der Waals surface area contributed by atoms with E-state index in [1.165, 1.54) is 49.0 Å². The zero-order valence-electron chi connectivity index (χ0n) is 20.5. The molecule has 2 nitrogen and oxygen atoms in total. The van der Waals surface area contributed by atoms with Crippen LogP contribution in [0.3, 0.4) is 0 Å². The predicted octanol–water partition coefficient (Wildman–Crippen LogP) is 7.42. The highest BCUT2D eigenvalue weighted by Crippen LogP contribution is 2.42. The average Bonchev–Trinajstić information content (AvgIpc) is 3.04. The SMILES string of the molecule is Cc1ccc(-c2c3ccccc3c(B3OC(C)(C)C(C)(C)O3)c3ccccc23)c2ccccc12. The lowest BCUT2D eigenvalue weighted by Crippen LogP contribution is -2.41. The number of fused-ring (bicyclic) bond motifs is 3. The van der Waals surface area contributed by atoms with Gasteiger partial charge in [0, 0.05) is 0 Å². The molecule has 0 atom stereocenters. The molecule has 1 aliphatic rings. The lowest BCUT2D eigenvalue weighted by Gasteiger charge is -2.32. The third kappa shape index (κ3) is 3.04. The summed E-state index contributed by atoms with van der Waals surface area (Å²) in [6.45, 7) is 10.6. The Kier molecular flexibility index (Phi) is 4.68. The van der Waals surface area contributed by atoms with Crippen molar-refractivity contribution in [2.24, 2.45) is 0 Å². The van der Waals surface area contributed by atoms with E-state index in [2.05, 4.69) is 120 Å². The first kappa shape index (κ1) is 21.4. The molecule has 3 heteroatoms. The molecule has 5 aromatic carbocycles. The second-order valence-corrected chi connectivity index (χ2v) is 10.4. The summed E-state index contributed by atoms with van der Waals surface area (Å²) in [5.74, 6) is 0. The monoisotopic (exact) mass is 444 g/mol. The number of benzene rings is 5. The summed E-state index contributed by atoms with van der Waals surface area (Å²) < 4.78 is 13.2. The van der Waals surface area contributed by atoms with Gasteiger partial charge in [-0.2, -0.15) is 0 Å². The molecule has 0 spiro atoms. The van der Waals surface area contributed by atoms with E-state index in [4.69, 9.17) is 9.31 Å². The number of rotatable bonds is 2. The van der Waals surface area contributed by atoms with Gasteiger partial charge in [-0.3, -0.25) is 0 Å². The smallest absolute Gasteiger partial charge is 0.399 e. The van der Waals surface area contributed by atoms with Crippen LogP contribution >= 0.6 is 0 Å². The van der Waals surface area contributed by atoms with E-state index in [9.17, 15) is 0 Å². The molecule has 0 aliphatic carbocycles. The van der Waals surface area contributed by atoms with Crippen LogP contribution in [0.1, 0.15) is 33.3 Å². The van der Waals surface area contributed by atoms with Gasteiger partial charge in [-0.15, -0.1) is 0 Å². The van der Waals surface area contributed by atoms with Crippen molar-refractivity contribution >= 4 is 44.9 Å². The fourth-order valence-corrected chi connectivity index (χ4v) is 5.33. The third-order valence-corrected chi connectivity index (χ3v) is 7.87. The van der Waals surface area contributed by atoms with E-state index >= 15 is 0 Å². The summed E-state index contributed by atoms with van der Waals surface area (Å²) in [5, 5.41) is 7.38. The van der Waals surface area contributed by atoms with E-state index in [0.717, 1.165) is 5.46 Å². The minimum absolute atomic E-state index is 0.397. The van der Waals surface area contributed by atoms with Crippen LogP contribution in [0.2, 0.25) is 0 Å². The van der Waals surface area contributed by atoms with Gasteiger partial charge in [0.25, 0.3) is 0 Å². The lowest BCUT2D eigenvalue weighted by molar-refractivity contribution is 0.00578. The molecule has 1 fully saturated rings. The topological polar surface area (TPSA) is 18.5 Å². The van der Waals surface area contributed by atoms with Crippen molar-refractivity contribution in [3.63, 3.8) is 0 Å². The van der Waals surface area contributed by atoms with Gasteiger partial charge in [-0.25, -0.2) is 0 Å². The summed E-state index contributed by atoms with van der Waals surface area (Å²) in [6, 6.07) is 30.6. The molecular formula is C31H29BO2. The number of aryl methyl sites for hydroxylation is 1. The van der Waals surface area contributed by atoms with Gasteiger partial charge in [-0.1, -0.05) is 84.9 Å². The molecule has 0 N–H and O–H groups in total. The fraction of sp³-hybridized carbons (Fsp3) is 0.226. The Morgan fingerprint density at radius 2 is 0.971 bits per heavy atom. The van der Waals surface area contributed by atoms with Crippen LogP contribution in [-0.2, 0) is 9.31 Å². The molecule has 1 heterocycles. The van der Waals surface area contributed by atoms with Gasteiger partial charge >= 0.3 is 7.12 Å². The minimum Gasteiger partial charge on any atom is -0.399 e. The molecule has 0 amide bonds. The third-order valence-electron chi connectivity index (χ3n) is 7.87. The van der Waals surface area contributed by atoms with Crippen LogP contribution in [0.4, 0.5) is 0 Å². The lowest BCUT2D eigenvalue weighted by atomic mass is 9.71. The first-order chi connectivity index (χ1) is 16.3. The molecule has 0 saturated carbocycles. The van der Waals surface area contributed by atoms with Gasteiger partial charge in [0.15, 0.2) is 0 Å². The summed E-state index contributed by atoms with van der Waals surface area (Å²) >= 11 is 0. The maximum absolute atomic E-state index is 6.58. The minimum atomic E-state index is -0.427. The van der Waals surface area contributed by atoms with Gasteiger partial charge in [0.1, 0.15) is 0 Å². The molecule has 0 radical (unpaired) electrons. The standard InChI is InChI=1S/C31H29BO2/c1-20-18-19-25(22-13-7-6-12-21(20)22)28-23-14-8-10-16-26(23)29(27-17-11-9-15-24(27)28)32-33-30(2,3)31(4,5)34-32/h6-19H,1-5H3. The molecular weight excluding hydrogens is 415 g/mol. The Morgan fingerprint density at radius 1 is 0.529 bits per heavy atom. The zero-order chi connectivity index (χ0) is 23.7. The quantitative estimate of drug-likeness (QED) is 0.208. The van der Waals surface area contributed by atoms with Crippen LogP contribution in [0.5, 0.6) is 0 Å². The average molecular weight is 444 g/mol. The molecule has 168 valence electrons. The Bertz CT molecular complexity index is 1510. The highest BCUT2D eigenvalue weighted by atomic mass is 16.7. The van der Waals surface area contributed by atoms with Gasteiger partial charge < -0.3 is 9.31 Å². The first-order valence-corrected chi connectivity index (χ1v) is 12.1. The summed E-state index contributed by atoms with van der Waals surface area (Å²) in [5.41, 5.74) is 4.14. The van der Waals surface area contributed by atoms with Gasteiger partial charge in [-0.05, 0) is 89.1 Å². The van der Waals surface area contributed by atoms with Crippen LogP contribution < -0.4 is 5.46 Å². The molecule has 1 aliphatic heterocycles. The van der Waals surface area contributed by atoms with Crippen LogP contribution in [0, 0.1) is 6.92 Å². The number of hydrogen-bond acceptors (Lipinski definition) is 2. The van der Waals surface area contributed by atoms with Crippen molar-refractivity contribution in [1.82, 2.24) is 0 Å². The first-order valence-electron chi connectivity index (χ1n) is 12.1. The number of hydrogen-bond donors (Lipinski definition) is 0. The largest absolute Gasteiger partial charge is 0.496 e. The van der Waals surface area contributed by atoms with Crippen molar-refractivity contribution < 1.29 is 9.31 Å². The van der Waals surface area contributed by atoms with Crippen LogP contribution in [0.25, 0.3) is 43.4 Å². The van der Waals surface area contributed by atoms with E-state index in [-0.39, 0.29) is 0 Å². The maximum atomic E-state index is 6.58. The normalized spacial score (nSPS) is 17.1. The van der Waals surface area contributed by atoms with Crippen LogP contribution in [-0.4, -0.2) is 18.3 Å². The van der Waals surface area contributed by atoms with E-state index < -0.39 is 18.3 Å². The second kappa shape index (κ2) is 7.43. The van der Waals surface area contributed by atoms with Crippen LogP contribution in [0.15, 0.2) is 84.9 Å². The maximum Gasteiger partial charge on any atom is 0.496 e. The molecule has 6 rings (SSSR count). The molecule has 1 saturated heterocycles. The van der Waals surface area contributed by atoms with Crippen molar-refractivity contribution in [3.8, 4) is 11.1 Å². The Morgan fingerprint density at radius 3 is 1.50 bits per heavy atom. The molecule has 0 bridgehead atoms. The van der Waals surface area contributed by atoms with E-state index in [1.807, 2.05) is 0 Å². The highest BCUT2D eigenvalue weighted by molar-refractivity contribution is 6.69. The summed E-state index contributed by atoms with van der Waals surface area (Å²) in [7, 11) is -0.427. The Labute approximate surface area is 201 Å². The molecule has 34 heavy (non-hydrogen) atoms. The fourth-order valence-electron chi connectivity index (χ4n) is 5.33. The Balaban J connectivity index is 1.74. The van der Waals surface area contributed by atoms with Crippen molar-refractivity contribution in [2.75, 3.05) is 0 Å².